The number of nitrogens with zero attached hydrogens (tertiary/aromatic N) is 2. The average Bonchev–Trinajstić information content (AvgIpc) is 3.09. The van der Waals surface area contributed by atoms with Crippen molar-refractivity contribution in [2.24, 2.45) is 4.99 Å². The first-order valence-corrected chi connectivity index (χ1v) is 10.2. The van der Waals surface area contributed by atoms with Crippen LogP contribution in [0.4, 0.5) is 0 Å². The number of amides is 1. The fourth-order valence-electron chi connectivity index (χ4n) is 3.13. The van der Waals surface area contributed by atoms with Crippen LogP contribution >= 0.6 is 11.3 Å². The number of thiazole rings is 1. The average molecular weight is 412 g/mol. The van der Waals surface area contributed by atoms with Crippen molar-refractivity contribution >= 4 is 33.4 Å². The second-order valence-corrected chi connectivity index (χ2v) is 7.32. The number of aryl methyl sites for hydroxylation is 1. The quantitative estimate of drug-likeness (QED) is 0.614. The molecule has 29 heavy (non-hydrogen) atoms. The number of ether oxygens (including phenoxy) is 3. The lowest BCUT2D eigenvalue weighted by Gasteiger charge is -2.18. The van der Waals surface area contributed by atoms with Crippen LogP contribution in [-0.2, 0) is 11.3 Å². The summed E-state index contributed by atoms with van der Waals surface area (Å²) >= 11 is 1.36. The number of aromatic nitrogens is 1. The van der Waals surface area contributed by atoms with Gasteiger partial charge in [0, 0.05) is 12.1 Å². The molecule has 0 fully saturated rings. The van der Waals surface area contributed by atoms with Gasteiger partial charge in [0.15, 0.2) is 16.3 Å². The van der Waals surface area contributed by atoms with E-state index in [-0.39, 0.29) is 11.9 Å². The Morgan fingerprint density at radius 1 is 1.07 bits per heavy atom. The van der Waals surface area contributed by atoms with Gasteiger partial charge in [-0.25, -0.2) is 4.79 Å². The minimum absolute atomic E-state index is 0.320. The number of esters is 1. The SMILES string of the molecule is CCOC(=O)c1ccc2c(c1)sc(=NC(=O)c1ccc3c(c1)OCCO3)n2CC. The van der Waals surface area contributed by atoms with Crippen LogP contribution in [0.5, 0.6) is 11.5 Å². The predicted molar refractivity (Wildman–Crippen MR) is 109 cm³/mol. The highest BCUT2D eigenvalue weighted by atomic mass is 32.1. The molecule has 0 saturated carbocycles. The third-order valence-electron chi connectivity index (χ3n) is 4.50. The minimum Gasteiger partial charge on any atom is -0.486 e. The summed E-state index contributed by atoms with van der Waals surface area (Å²) in [6.07, 6.45) is 0. The normalized spacial score (nSPS) is 13.5. The molecule has 1 aliphatic heterocycles. The van der Waals surface area contributed by atoms with Gasteiger partial charge in [0.25, 0.3) is 5.91 Å². The Hall–Kier alpha value is -3.13. The molecule has 0 aliphatic carbocycles. The van der Waals surface area contributed by atoms with Gasteiger partial charge in [0.2, 0.25) is 0 Å². The van der Waals surface area contributed by atoms with Crippen LogP contribution in [0.2, 0.25) is 0 Å². The molecule has 1 aromatic heterocycles. The summed E-state index contributed by atoms with van der Waals surface area (Å²) in [5, 5.41) is 0. The Bertz CT molecular complexity index is 1160. The predicted octanol–water partition coefficient (Wildman–Crippen LogP) is 3.41. The minimum atomic E-state index is -0.364. The van der Waals surface area contributed by atoms with E-state index in [1.165, 1.54) is 11.3 Å². The lowest BCUT2D eigenvalue weighted by molar-refractivity contribution is 0.0526. The Balaban J connectivity index is 1.73. The molecular formula is C21H20N2O5S. The Morgan fingerprint density at radius 3 is 2.59 bits per heavy atom. The number of carbonyl (C=O) groups is 2. The van der Waals surface area contributed by atoms with Gasteiger partial charge in [-0.1, -0.05) is 11.3 Å². The Kier molecular flexibility index (Phi) is 5.35. The second-order valence-electron chi connectivity index (χ2n) is 6.31. The van der Waals surface area contributed by atoms with E-state index in [0.717, 1.165) is 10.2 Å². The van der Waals surface area contributed by atoms with Crippen molar-refractivity contribution in [3.05, 3.63) is 52.3 Å². The Morgan fingerprint density at radius 2 is 1.83 bits per heavy atom. The molecule has 0 bridgehead atoms. The molecule has 0 saturated heterocycles. The monoisotopic (exact) mass is 412 g/mol. The van der Waals surface area contributed by atoms with E-state index in [1.54, 1.807) is 37.3 Å². The van der Waals surface area contributed by atoms with E-state index in [4.69, 9.17) is 14.2 Å². The third kappa shape index (κ3) is 3.75. The summed E-state index contributed by atoms with van der Waals surface area (Å²) in [6.45, 7) is 5.67. The van der Waals surface area contributed by atoms with Gasteiger partial charge in [0.05, 0.1) is 22.4 Å². The van der Waals surface area contributed by atoms with E-state index < -0.39 is 0 Å². The van der Waals surface area contributed by atoms with E-state index in [9.17, 15) is 9.59 Å². The molecule has 0 spiro atoms. The largest absolute Gasteiger partial charge is 0.486 e. The molecule has 0 radical (unpaired) electrons. The van der Waals surface area contributed by atoms with Gasteiger partial charge >= 0.3 is 5.97 Å². The second kappa shape index (κ2) is 8.08. The van der Waals surface area contributed by atoms with Crippen LogP contribution < -0.4 is 14.3 Å². The molecule has 7 nitrogen and oxygen atoms in total. The molecule has 2 aromatic carbocycles. The van der Waals surface area contributed by atoms with E-state index in [0.29, 0.717) is 53.8 Å². The number of hydrogen-bond donors (Lipinski definition) is 0. The highest BCUT2D eigenvalue weighted by molar-refractivity contribution is 7.16. The van der Waals surface area contributed by atoms with Crippen molar-refractivity contribution in [3.63, 3.8) is 0 Å². The number of carbonyl (C=O) groups excluding carboxylic acids is 2. The van der Waals surface area contributed by atoms with Gasteiger partial charge in [0.1, 0.15) is 13.2 Å². The summed E-state index contributed by atoms with van der Waals surface area (Å²) in [5.74, 6) is 0.457. The van der Waals surface area contributed by atoms with Gasteiger partial charge in [-0.05, 0) is 50.2 Å². The maximum Gasteiger partial charge on any atom is 0.338 e. The van der Waals surface area contributed by atoms with Crippen molar-refractivity contribution in [3.8, 4) is 11.5 Å². The molecule has 150 valence electrons. The van der Waals surface area contributed by atoms with Crippen molar-refractivity contribution < 1.29 is 23.8 Å². The topological polar surface area (TPSA) is 79.1 Å². The number of fused-ring (bicyclic) bond motifs is 2. The van der Waals surface area contributed by atoms with Crippen molar-refractivity contribution in [2.45, 2.75) is 20.4 Å². The summed E-state index contributed by atoms with van der Waals surface area (Å²) in [5.41, 5.74) is 1.83. The first kappa shape index (κ1) is 19.2. The van der Waals surface area contributed by atoms with Crippen LogP contribution in [0.15, 0.2) is 41.4 Å². The van der Waals surface area contributed by atoms with E-state index in [2.05, 4.69) is 4.99 Å². The Labute approximate surface area is 171 Å². The van der Waals surface area contributed by atoms with Crippen LogP contribution in [0.25, 0.3) is 10.2 Å². The summed E-state index contributed by atoms with van der Waals surface area (Å²) in [6, 6.07) is 10.4. The van der Waals surface area contributed by atoms with Crippen LogP contribution in [-0.4, -0.2) is 36.3 Å². The first-order valence-electron chi connectivity index (χ1n) is 9.40. The van der Waals surface area contributed by atoms with Crippen molar-refractivity contribution in [2.75, 3.05) is 19.8 Å². The molecule has 3 aromatic rings. The smallest absolute Gasteiger partial charge is 0.338 e. The fourth-order valence-corrected chi connectivity index (χ4v) is 4.26. The number of benzene rings is 2. The molecule has 1 aliphatic rings. The standard InChI is InChI=1S/C21H20N2O5S/c1-3-23-15-7-5-14(20(25)26-4-2)12-18(15)29-21(23)22-19(24)13-6-8-16-17(11-13)28-10-9-27-16/h5-8,11-12H,3-4,9-10H2,1-2H3. The molecule has 4 rings (SSSR count). The van der Waals surface area contributed by atoms with Crippen molar-refractivity contribution in [1.29, 1.82) is 0 Å². The number of rotatable bonds is 4. The fraction of sp³-hybridized carbons (Fsp3) is 0.286. The van der Waals surface area contributed by atoms with Crippen molar-refractivity contribution in [1.82, 2.24) is 4.57 Å². The zero-order chi connectivity index (χ0) is 20.4. The van der Waals surface area contributed by atoms with Crippen LogP contribution in [0.1, 0.15) is 34.6 Å². The molecule has 2 heterocycles. The van der Waals surface area contributed by atoms with Gasteiger partial charge < -0.3 is 18.8 Å². The molecular weight excluding hydrogens is 392 g/mol. The summed E-state index contributed by atoms with van der Waals surface area (Å²) in [7, 11) is 0. The highest BCUT2D eigenvalue weighted by Crippen LogP contribution is 2.31. The van der Waals surface area contributed by atoms with E-state index in [1.807, 2.05) is 17.6 Å². The van der Waals surface area contributed by atoms with Crippen LogP contribution in [0.3, 0.4) is 0 Å². The highest BCUT2D eigenvalue weighted by Gasteiger charge is 2.16. The lowest BCUT2D eigenvalue weighted by atomic mass is 10.2. The maximum absolute atomic E-state index is 12.8. The molecule has 0 atom stereocenters. The lowest BCUT2D eigenvalue weighted by Crippen LogP contribution is -2.17. The summed E-state index contributed by atoms with van der Waals surface area (Å²) in [4.78, 5) is 29.7. The van der Waals surface area contributed by atoms with Gasteiger partial charge in [-0.2, -0.15) is 4.99 Å². The zero-order valence-electron chi connectivity index (χ0n) is 16.1. The summed E-state index contributed by atoms with van der Waals surface area (Å²) < 4.78 is 18.9. The third-order valence-corrected chi connectivity index (χ3v) is 5.54. The molecule has 8 heteroatoms. The maximum atomic E-state index is 12.8. The van der Waals surface area contributed by atoms with Gasteiger partial charge in [-0.15, -0.1) is 0 Å². The van der Waals surface area contributed by atoms with E-state index >= 15 is 0 Å². The van der Waals surface area contributed by atoms with Crippen LogP contribution in [0, 0.1) is 0 Å². The molecule has 0 unspecified atom stereocenters. The molecule has 1 amide bonds. The number of hydrogen-bond acceptors (Lipinski definition) is 6. The molecule has 0 N–H and O–H groups in total. The zero-order valence-corrected chi connectivity index (χ0v) is 17.0. The first-order chi connectivity index (χ1) is 14.1. The van der Waals surface area contributed by atoms with Gasteiger partial charge in [-0.3, -0.25) is 4.79 Å².